The van der Waals surface area contributed by atoms with Gasteiger partial charge in [0.15, 0.2) is 0 Å². The molecule has 218 valence electrons. The predicted molar refractivity (Wildman–Crippen MR) is 174 cm³/mol. The number of para-hydroxylation sites is 1. The SMILES string of the molecule is C=C/C=C\C(C(=Nc1ccc(N=C(OC)c2ccccc2OCc2ccccc2)cc1)OC)=C(/C)OCc1ccccc1. The van der Waals surface area contributed by atoms with E-state index in [-0.39, 0.29) is 0 Å². The molecule has 0 saturated carbocycles. The standard InChI is InChI=1S/C37H36N2O4/c1-5-6-19-33(28(2)42-26-29-15-9-7-10-16-29)36(40-3)38-31-22-24-32(25-23-31)39-37(41-4)34-20-13-14-21-35(34)43-27-30-17-11-8-12-18-30/h5-25H,1,26-27H2,2-4H3/b19-6-,33-28-,38-36?,39-37?. The molecule has 0 aromatic heterocycles. The summed E-state index contributed by atoms with van der Waals surface area (Å²) in [6, 6.07) is 35.2. The van der Waals surface area contributed by atoms with Crippen LogP contribution in [0.5, 0.6) is 5.75 Å². The lowest BCUT2D eigenvalue weighted by molar-refractivity contribution is 0.198. The summed E-state index contributed by atoms with van der Waals surface area (Å²) in [5.74, 6) is 2.24. The first-order chi connectivity index (χ1) is 21.1. The van der Waals surface area contributed by atoms with Crippen LogP contribution in [0.1, 0.15) is 23.6 Å². The smallest absolute Gasteiger partial charge is 0.224 e. The zero-order valence-corrected chi connectivity index (χ0v) is 24.8. The van der Waals surface area contributed by atoms with Gasteiger partial charge >= 0.3 is 0 Å². The third-order valence-electron chi connectivity index (χ3n) is 6.36. The lowest BCUT2D eigenvalue weighted by Gasteiger charge is -2.13. The first kappa shape index (κ1) is 30.6. The Morgan fingerprint density at radius 1 is 0.698 bits per heavy atom. The highest BCUT2D eigenvalue weighted by Crippen LogP contribution is 2.25. The molecule has 0 heterocycles. The van der Waals surface area contributed by atoms with Crippen molar-refractivity contribution in [3.05, 3.63) is 162 Å². The van der Waals surface area contributed by atoms with Crippen molar-refractivity contribution in [1.29, 1.82) is 0 Å². The second kappa shape index (κ2) is 16.2. The van der Waals surface area contributed by atoms with E-state index < -0.39 is 0 Å². The van der Waals surface area contributed by atoms with Crippen LogP contribution in [0.4, 0.5) is 11.4 Å². The van der Waals surface area contributed by atoms with E-state index in [2.05, 4.69) is 6.58 Å². The summed E-state index contributed by atoms with van der Waals surface area (Å²) < 4.78 is 23.6. The van der Waals surface area contributed by atoms with Gasteiger partial charge in [0.2, 0.25) is 11.8 Å². The van der Waals surface area contributed by atoms with Crippen molar-refractivity contribution in [2.45, 2.75) is 20.1 Å². The third-order valence-corrected chi connectivity index (χ3v) is 6.36. The number of allylic oxidation sites excluding steroid dienone is 3. The topological polar surface area (TPSA) is 61.6 Å². The summed E-state index contributed by atoms with van der Waals surface area (Å²) in [5.41, 5.74) is 5.03. The number of hydrogen-bond acceptors (Lipinski definition) is 6. The second-order valence-electron chi connectivity index (χ2n) is 9.37. The van der Waals surface area contributed by atoms with E-state index in [9.17, 15) is 0 Å². The fourth-order valence-corrected chi connectivity index (χ4v) is 4.12. The number of hydrogen-bond donors (Lipinski definition) is 0. The lowest BCUT2D eigenvalue weighted by Crippen LogP contribution is -2.08. The van der Waals surface area contributed by atoms with Crippen LogP contribution in [0.25, 0.3) is 0 Å². The molecule has 6 nitrogen and oxygen atoms in total. The zero-order chi connectivity index (χ0) is 30.3. The van der Waals surface area contributed by atoms with E-state index in [0.717, 1.165) is 16.7 Å². The molecule has 0 aliphatic heterocycles. The minimum atomic E-state index is 0.419. The summed E-state index contributed by atoms with van der Waals surface area (Å²) in [7, 11) is 3.19. The molecule has 0 N–H and O–H groups in total. The van der Waals surface area contributed by atoms with E-state index in [1.54, 1.807) is 20.3 Å². The number of aliphatic imine (C=N–C) groups is 2. The Morgan fingerprint density at radius 3 is 1.88 bits per heavy atom. The van der Waals surface area contributed by atoms with Gasteiger partial charge in [0, 0.05) is 0 Å². The fourth-order valence-electron chi connectivity index (χ4n) is 4.12. The van der Waals surface area contributed by atoms with Crippen molar-refractivity contribution < 1.29 is 18.9 Å². The molecular formula is C37H36N2O4. The molecule has 43 heavy (non-hydrogen) atoms. The summed E-state index contributed by atoms with van der Waals surface area (Å²) >= 11 is 0. The van der Waals surface area contributed by atoms with E-state index in [0.29, 0.717) is 53.5 Å². The van der Waals surface area contributed by atoms with Crippen LogP contribution < -0.4 is 4.74 Å². The zero-order valence-electron chi connectivity index (χ0n) is 24.8. The van der Waals surface area contributed by atoms with Gasteiger partial charge in [-0.15, -0.1) is 0 Å². The highest BCUT2D eigenvalue weighted by atomic mass is 16.5. The highest BCUT2D eigenvalue weighted by molar-refractivity contribution is 5.99. The molecule has 0 atom stereocenters. The van der Waals surface area contributed by atoms with Crippen LogP contribution in [0, 0.1) is 0 Å². The summed E-state index contributed by atoms with van der Waals surface area (Å²) in [5, 5.41) is 0. The summed E-state index contributed by atoms with van der Waals surface area (Å²) in [6.07, 6.45) is 5.39. The van der Waals surface area contributed by atoms with Gasteiger partial charge in [-0.05, 0) is 60.5 Å². The van der Waals surface area contributed by atoms with Crippen LogP contribution in [-0.4, -0.2) is 26.0 Å². The van der Waals surface area contributed by atoms with Gasteiger partial charge in [-0.25, -0.2) is 9.98 Å². The maximum Gasteiger partial charge on any atom is 0.224 e. The molecular weight excluding hydrogens is 536 g/mol. The van der Waals surface area contributed by atoms with Gasteiger partial charge < -0.3 is 18.9 Å². The Hall–Kier alpha value is -5.36. The highest BCUT2D eigenvalue weighted by Gasteiger charge is 2.13. The Bertz CT molecular complexity index is 1590. The Labute approximate surface area is 254 Å². The fraction of sp³-hybridized carbons (Fsp3) is 0.135. The molecule has 4 rings (SSSR count). The number of rotatable bonds is 12. The van der Waals surface area contributed by atoms with E-state index in [4.69, 9.17) is 28.9 Å². The first-order valence-corrected chi connectivity index (χ1v) is 13.9. The van der Waals surface area contributed by atoms with Crippen molar-refractivity contribution in [2.24, 2.45) is 9.98 Å². The lowest BCUT2D eigenvalue weighted by atomic mass is 10.2. The van der Waals surface area contributed by atoms with Crippen LogP contribution in [0.3, 0.4) is 0 Å². The first-order valence-electron chi connectivity index (χ1n) is 13.9. The number of nitrogens with zero attached hydrogens (tertiary/aromatic N) is 2. The third kappa shape index (κ3) is 9.07. The minimum absolute atomic E-state index is 0.419. The van der Waals surface area contributed by atoms with Crippen molar-refractivity contribution in [3.8, 4) is 5.75 Å². The average Bonchev–Trinajstić information content (AvgIpc) is 3.06. The molecule has 0 radical (unpaired) electrons. The second-order valence-corrected chi connectivity index (χ2v) is 9.37. The Kier molecular flexibility index (Phi) is 11.5. The Morgan fingerprint density at radius 2 is 1.28 bits per heavy atom. The van der Waals surface area contributed by atoms with Crippen molar-refractivity contribution in [2.75, 3.05) is 14.2 Å². The average molecular weight is 573 g/mol. The van der Waals surface area contributed by atoms with Gasteiger partial charge in [-0.3, -0.25) is 0 Å². The van der Waals surface area contributed by atoms with Crippen molar-refractivity contribution >= 4 is 23.2 Å². The van der Waals surface area contributed by atoms with Crippen LogP contribution in [-0.2, 0) is 27.4 Å². The normalized spacial score (nSPS) is 12.4. The van der Waals surface area contributed by atoms with E-state index in [1.165, 1.54) is 0 Å². The number of methoxy groups -OCH3 is 2. The quantitative estimate of drug-likeness (QED) is 0.0736. The van der Waals surface area contributed by atoms with E-state index >= 15 is 0 Å². The number of benzene rings is 4. The molecule has 0 fully saturated rings. The summed E-state index contributed by atoms with van der Waals surface area (Å²) in [4.78, 5) is 9.49. The van der Waals surface area contributed by atoms with Crippen molar-refractivity contribution in [1.82, 2.24) is 0 Å². The molecule has 0 aliphatic rings. The monoisotopic (exact) mass is 572 g/mol. The van der Waals surface area contributed by atoms with Gasteiger partial charge in [0.1, 0.15) is 24.7 Å². The largest absolute Gasteiger partial charge is 0.493 e. The van der Waals surface area contributed by atoms with Crippen LogP contribution in [0.15, 0.2) is 155 Å². The summed E-state index contributed by atoms with van der Waals surface area (Å²) in [6.45, 7) is 6.56. The van der Waals surface area contributed by atoms with Crippen LogP contribution in [0.2, 0.25) is 0 Å². The molecule has 0 amide bonds. The molecule has 0 spiro atoms. The van der Waals surface area contributed by atoms with Crippen LogP contribution >= 0.6 is 0 Å². The van der Waals surface area contributed by atoms with Gasteiger partial charge in [-0.1, -0.05) is 91.5 Å². The maximum atomic E-state index is 6.11. The van der Waals surface area contributed by atoms with Gasteiger partial charge in [0.05, 0.1) is 36.7 Å². The van der Waals surface area contributed by atoms with Crippen molar-refractivity contribution in [3.63, 3.8) is 0 Å². The Balaban J connectivity index is 1.55. The van der Waals surface area contributed by atoms with E-state index in [1.807, 2.05) is 128 Å². The predicted octanol–water partition coefficient (Wildman–Crippen LogP) is 8.90. The molecule has 0 saturated heterocycles. The molecule has 0 bridgehead atoms. The van der Waals surface area contributed by atoms with Gasteiger partial charge in [-0.2, -0.15) is 0 Å². The molecule has 4 aromatic rings. The maximum absolute atomic E-state index is 6.11. The molecule has 6 heteroatoms. The minimum Gasteiger partial charge on any atom is -0.493 e. The molecule has 4 aromatic carbocycles. The van der Waals surface area contributed by atoms with Gasteiger partial charge in [0.25, 0.3) is 0 Å². The molecule has 0 aliphatic carbocycles. The number of ether oxygens (including phenoxy) is 4. The molecule has 0 unspecified atom stereocenters.